The van der Waals surface area contributed by atoms with E-state index in [1.54, 1.807) is 30.0 Å². The quantitative estimate of drug-likeness (QED) is 0.511. The first-order valence-corrected chi connectivity index (χ1v) is 10.3. The van der Waals surface area contributed by atoms with E-state index in [1.807, 2.05) is 44.2 Å². The molecule has 7 nitrogen and oxygen atoms in total. The fourth-order valence-electron chi connectivity index (χ4n) is 3.43. The highest BCUT2D eigenvalue weighted by Gasteiger charge is 2.19. The lowest BCUT2D eigenvalue weighted by atomic mass is 10.0. The molecule has 0 amide bonds. The van der Waals surface area contributed by atoms with Crippen LogP contribution in [0.25, 0.3) is 22.5 Å². The lowest BCUT2D eigenvalue weighted by Gasteiger charge is -2.14. The van der Waals surface area contributed by atoms with Gasteiger partial charge in [0, 0.05) is 11.1 Å². The summed E-state index contributed by atoms with van der Waals surface area (Å²) < 4.78 is 13.1. The minimum Gasteiger partial charge on any atom is -0.496 e. The third-order valence-electron chi connectivity index (χ3n) is 4.99. The fraction of sp³-hybridized carbons (Fsp3) is 0.333. The smallest absolute Gasteiger partial charge is 0.307 e. The topological polar surface area (TPSA) is 93.8 Å². The number of aliphatic hydroxyl groups is 1. The molecule has 2 N–H and O–H groups in total. The maximum atomic E-state index is 11.2. The summed E-state index contributed by atoms with van der Waals surface area (Å²) in [7, 11) is 1.57. The molecule has 0 aliphatic heterocycles. The SMILES string of the molecule is CCOc1ccccc1-c1cc(-c2cc(CC(=O)O)ccc2OC)nn1C[C@H](O)CC. The highest BCUT2D eigenvalue weighted by atomic mass is 16.5. The van der Waals surface area contributed by atoms with Gasteiger partial charge in [-0.3, -0.25) is 9.48 Å². The Bertz CT molecular complexity index is 1040. The molecule has 3 aromatic rings. The first-order valence-electron chi connectivity index (χ1n) is 10.3. The van der Waals surface area contributed by atoms with Crippen molar-refractivity contribution in [3.63, 3.8) is 0 Å². The van der Waals surface area contributed by atoms with Gasteiger partial charge in [0.25, 0.3) is 0 Å². The number of aromatic nitrogens is 2. The summed E-state index contributed by atoms with van der Waals surface area (Å²) in [6.45, 7) is 4.70. The maximum absolute atomic E-state index is 11.2. The summed E-state index contributed by atoms with van der Waals surface area (Å²) in [4.78, 5) is 11.2. The number of carboxylic acid groups (broad SMARTS) is 1. The number of carboxylic acids is 1. The average Bonchev–Trinajstić information content (AvgIpc) is 3.17. The molecule has 0 spiro atoms. The lowest BCUT2D eigenvalue weighted by molar-refractivity contribution is -0.136. The van der Waals surface area contributed by atoms with Gasteiger partial charge >= 0.3 is 5.97 Å². The molecule has 2 aromatic carbocycles. The fourth-order valence-corrected chi connectivity index (χ4v) is 3.43. The van der Waals surface area contributed by atoms with Gasteiger partial charge in [-0.05, 0) is 49.2 Å². The summed E-state index contributed by atoms with van der Waals surface area (Å²) in [5.74, 6) is 0.425. The van der Waals surface area contributed by atoms with Crippen LogP contribution in [0.15, 0.2) is 48.5 Å². The normalized spacial score (nSPS) is 11.9. The number of ether oxygens (including phenoxy) is 2. The molecule has 0 aliphatic carbocycles. The van der Waals surface area contributed by atoms with Gasteiger partial charge < -0.3 is 19.7 Å². The zero-order chi connectivity index (χ0) is 22.4. The predicted octanol–water partition coefficient (Wildman–Crippen LogP) is 4.02. The Kier molecular flexibility index (Phi) is 7.31. The molecular formula is C24H28N2O5. The van der Waals surface area contributed by atoms with Crippen molar-refractivity contribution in [3.8, 4) is 34.0 Å². The van der Waals surface area contributed by atoms with E-state index in [1.165, 1.54) is 0 Å². The Labute approximate surface area is 181 Å². The average molecular weight is 424 g/mol. The summed E-state index contributed by atoms with van der Waals surface area (Å²) in [5, 5.41) is 24.2. The third kappa shape index (κ3) is 5.24. The Balaban J connectivity index is 2.15. The van der Waals surface area contributed by atoms with Gasteiger partial charge in [0.1, 0.15) is 11.5 Å². The second-order valence-electron chi connectivity index (χ2n) is 7.19. The number of aliphatic carboxylic acids is 1. The van der Waals surface area contributed by atoms with Crippen LogP contribution in [-0.2, 0) is 17.8 Å². The summed E-state index contributed by atoms with van der Waals surface area (Å²) in [6, 6.07) is 14.9. The van der Waals surface area contributed by atoms with Crippen molar-refractivity contribution >= 4 is 5.97 Å². The number of rotatable bonds is 10. The molecule has 0 bridgehead atoms. The second kappa shape index (κ2) is 10.1. The van der Waals surface area contributed by atoms with Gasteiger partial charge in [-0.2, -0.15) is 5.10 Å². The Hall–Kier alpha value is -3.32. The van der Waals surface area contributed by atoms with Crippen molar-refractivity contribution in [2.45, 2.75) is 39.3 Å². The Morgan fingerprint density at radius 1 is 1.10 bits per heavy atom. The predicted molar refractivity (Wildman–Crippen MR) is 118 cm³/mol. The molecular weight excluding hydrogens is 396 g/mol. The van der Waals surface area contributed by atoms with Crippen LogP contribution in [0.5, 0.6) is 11.5 Å². The highest BCUT2D eigenvalue weighted by molar-refractivity contribution is 5.77. The number of para-hydroxylation sites is 1. The van der Waals surface area contributed by atoms with Crippen molar-refractivity contribution in [3.05, 3.63) is 54.1 Å². The van der Waals surface area contributed by atoms with Crippen LogP contribution in [0.4, 0.5) is 0 Å². The first kappa shape index (κ1) is 22.4. The number of methoxy groups -OCH3 is 1. The van der Waals surface area contributed by atoms with E-state index >= 15 is 0 Å². The zero-order valence-electron chi connectivity index (χ0n) is 18.0. The Morgan fingerprint density at radius 2 is 1.87 bits per heavy atom. The Morgan fingerprint density at radius 3 is 2.55 bits per heavy atom. The molecule has 0 saturated heterocycles. The standard InChI is InChI=1S/C24H28N2O5/c1-4-17(27)15-26-21(18-8-6-7-9-23(18)31-5-2)14-20(25-26)19-12-16(13-24(28)29)10-11-22(19)30-3/h6-12,14,17,27H,4-5,13,15H2,1-3H3,(H,28,29)/t17-/m1/s1. The lowest BCUT2D eigenvalue weighted by Crippen LogP contribution is -2.16. The number of nitrogens with zero attached hydrogens (tertiary/aromatic N) is 2. The number of carbonyl (C=O) groups is 1. The van der Waals surface area contributed by atoms with Gasteiger partial charge in [-0.1, -0.05) is 25.1 Å². The zero-order valence-corrected chi connectivity index (χ0v) is 18.0. The summed E-state index contributed by atoms with van der Waals surface area (Å²) in [6.07, 6.45) is -0.0446. The molecule has 1 heterocycles. The van der Waals surface area contributed by atoms with Crippen LogP contribution >= 0.6 is 0 Å². The van der Waals surface area contributed by atoms with Crippen molar-refractivity contribution in [1.82, 2.24) is 9.78 Å². The monoisotopic (exact) mass is 424 g/mol. The molecule has 7 heteroatoms. The largest absolute Gasteiger partial charge is 0.496 e. The minimum absolute atomic E-state index is 0.0910. The maximum Gasteiger partial charge on any atom is 0.307 e. The van der Waals surface area contributed by atoms with Crippen LogP contribution in [0.3, 0.4) is 0 Å². The van der Waals surface area contributed by atoms with Crippen LogP contribution in [0, 0.1) is 0 Å². The highest BCUT2D eigenvalue weighted by Crippen LogP contribution is 2.36. The number of aliphatic hydroxyl groups excluding tert-OH is 1. The first-order chi connectivity index (χ1) is 15.0. The van der Waals surface area contributed by atoms with E-state index in [0.29, 0.717) is 42.1 Å². The van der Waals surface area contributed by atoms with Crippen LogP contribution in [-0.4, -0.2) is 45.8 Å². The van der Waals surface area contributed by atoms with Crippen LogP contribution < -0.4 is 9.47 Å². The van der Waals surface area contributed by atoms with E-state index in [-0.39, 0.29) is 6.42 Å². The second-order valence-corrected chi connectivity index (χ2v) is 7.19. The van der Waals surface area contributed by atoms with Crippen molar-refractivity contribution in [1.29, 1.82) is 0 Å². The van der Waals surface area contributed by atoms with Gasteiger partial charge in [-0.25, -0.2) is 0 Å². The van der Waals surface area contributed by atoms with Gasteiger partial charge in [0.15, 0.2) is 0 Å². The molecule has 0 fully saturated rings. The van der Waals surface area contributed by atoms with Gasteiger partial charge in [0.05, 0.1) is 44.2 Å². The number of hydrogen-bond acceptors (Lipinski definition) is 5. The summed E-state index contributed by atoms with van der Waals surface area (Å²) >= 11 is 0. The van der Waals surface area contributed by atoms with Crippen molar-refractivity contribution in [2.75, 3.05) is 13.7 Å². The van der Waals surface area contributed by atoms with Crippen LogP contribution in [0.2, 0.25) is 0 Å². The van der Waals surface area contributed by atoms with Crippen molar-refractivity contribution < 1.29 is 24.5 Å². The molecule has 0 unspecified atom stereocenters. The van der Waals surface area contributed by atoms with Crippen molar-refractivity contribution in [2.24, 2.45) is 0 Å². The molecule has 164 valence electrons. The van der Waals surface area contributed by atoms with E-state index in [0.717, 1.165) is 17.0 Å². The molecule has 0 saturated carbocycles. The molecule has 1 atom stereocenters. The summed E-state index contributed by atoms with van der Waals surface area (Å²) in [5.41, 5.74) is 3.65. The van der Waals surface area contributed by atoms with E-state index in [9.17, 15) is 9.90 Å². The molecule has 0 radical (unpaired) electrons. The number of benzene rings is 2. The molecule has 0 aliphatic rings. The third-order valence-corrected chi connectivity index (χ3v) is 4.99. The van der Waals surface area contributed by atoms with E-state index in [2.05, 4.69) is 0 Å². The van der Waals surface area contributed by atoms with E-state index < -0.39 is 12.1 Å². The molecule has 3 rings (SSSR count). The van der Waals surface area contributed by atoms with Crippen LogP contribution in [0.1, 0.15) is 25.8 Å². The molecule has 31 heavy (non-hydrogen) atoms. The number of hydrogen-bond donors (Lipinski definition) is 2. The minimum atomic E-state index is -0.904. The van der Waals surface area contributed by atoms with Gasteiger partial charge in [-0.15, -0.1) is 0 Å². The molecule has 1 aromatic heterocycles. The van der Waals surface area contributed by atoms with Gasteiger partial charge in [0.2, 0.25) is 0 Å². The van der Waals surface area contributed by atoms with E-state index in [4.69, 9.17) is 19.7 Å².